The Hall–Kier alpha value is -2.11. The Bertz CT molecular complexity index is 630. The number of aliphatic carboxylic acids is 1. The number of hydrogen-bond donors (Lipinski definition) is 2. The molecule has 1 amide bonds. The predicted octanol–water partition coefficient (Wildman–Crippen LogP) is 4.46. The minimum absolute atomic E-state index is 0.185. The van der Waals surface area contributed by atoms with Crippen molar-refractivity contribution in [3.05, 3.63) is 29.6 Å². The van der Waals surface area contributed by atoms with E-state index in [0.717, 1.165) is 25.3 Å². The molecule has 6 heteroatoms. The summed E-state index contributed by atoms with van der Waals surface area (Å²) in [5.41, 5.74) is -1.41. The van der Waals surface area contributed by atoms with Gasteiger partial charge in [-0.15, -0.1) is 0 Å². The summed E-state index contributed by atoms with van der Waals surface area (Å²) in [6, 6.07) is 4.13. The zero-order valence-electron chi connectivity index (χ0n) is 14.3. The van der Waals surface area contributed by atoms with E-state index in [4.69, 9.17) is 4.74 Å². The van der Waals surface area contributed by atoms with Gasteiger partial charge in [0.15, 0.2) is 0 Å². The standard InChI is InChI=1S/C18H24FNO4/c1-17(2,3)24-16(23)20-12-7-8-13(14(19)11-12)18(15(21)22)9-5-4-6-10-18/h7-8,11H,4-6,9-10H2,1-3H3,(H,20,23)(H,21,22). The Morgan fingerprint density at radius 3 is 2.33 bits per heavy atom. The summed E-state index contributed by atoms with van der Waals surface area (Å²) >= 11 is 0. The molecule has 0 saturated heterocycles. The highest BCUT2D eigenvalue weighted by molar-refractivity contribution is 5.86. The summed E-state index contributed by atoms with van der Waals surface area (Å²) in [6.45, 7) is 5.20. The Labute approximate surface area is 141 Å². The number of carboxylic acids is 1. The summed E-state index contributed by atoms with van der Waals surface area (Å²) in [4.78, 5) is 23.5. The van der Waals surface area contributed by atoms with Crippen LogP contribution in [0.4, 0.5) is 14.9 Å². The van der Waals surface area contributed by atoms with Crippen LogP contribution in [0.5, 0.6) is 0 Å². The summed E-state index contributed by atoms with van der Waals surface area (Å²) in [6.07, 6.45) is 2.68. The molecule has 24 heavy (non-hydrogen) atoms. The van der Waals surface area contributed by atoms with Gasteiger partial charge in [-0.25, -0.2) is 9.18 Å². The lowest BCUT2D eigenvalue weighted by atomic mass is 9.69. The van der Waals surface area contributed by atoms with Gasteiger partial charge in [0.25, 0.3) is 0 Å². The highest BCUT2D eigenvalue weighted by Crippen LogP contribution is 2.41. The lowest BCUT2D eigenvalue weighted by Gasteiger charge is -2.34. The Morgan fingerprint density at radius 2 is 1.83 bits per heavy atom. The number of benzene rings is 1. The second-order valence-electron chi connectivity index (χ2n) is 7.27. The van der Waals surface area contributed by atoms with Crippen LogP contribution in [0.2, 0.25) is 0 Å². The van der Waals surface area contributed by atoms with Gasteiger partial charge in [-0.05, 0) is 45.7 Å². The van der Waals surface area contributed by atoms with Crippen LogP contribution in [-0.2, 0) is 14.9 Å². The summed E-state index contributed by atoms with van der Waals surface area (Å²) in [7, 11) is 0. The third-order valence-corrected chi connectivity index (χ3v) is 4.25. The number of hydrogen-bond acceptors (Lipinski definition) is 3. The summed E-state index contributed by atoms with van der Waals surface area (Å²) in [5.74, 6) is -1.61. The number of anilines is 1. The minimum atomic E-state index is -1.17. The van der Waals surface area contributed by atoms with Crippen LogP contribution in [0, 0.1) is 5.82 Å². The van der Waals surface area contributed by atoms with Crippen molar-refractivity contribution in [2.75, 3.05) is 5.32 Å². The normalized spacial score (nSPS) is 17.2. The first-order valence-corrected chi connectivity index (χ1v) is 8.17. The average molecular weight is 337 g/mol. The summed E-state index contributed by atoms with van der Waals surface area (Å²) < 4.78 is 19.7. The summed E-state index contributed by atoms with van der Waals surface area (Å²) in [5, 5.41) is 12.1. The van der Waals surface area contributed by atoms with Crippen molar-refractivity contribution < 1.29 is 23.8 Å². The predicted molar refractivity (Wildman–Crippen MR) is 88.7 cm³/mol. The fraction of sp³-hybridized carbons (Fsp3) is 0.556. The molecule has 0 unspecified atom stereocenters. The fourth-order valence-electron chi connectivity index (χ4n) is 3.16. The van der Waals surface area contributed by atoms with Crippen LogP contribution in [0.25, 0.3) is 0 Å². The molecule has 1 saturated carbocycles. The molecule has 1 aromatic rings. The maximum absolute atomic E-state index is 14.6. The number of carbonyl (C=O) groups excluding carboxylic acids is 1. The van der Waals surface area contributed by atoms with E-state index in [1.54, 1.807) is 20.8 Å². The molecule has 0 heterocycles. The van der Waals surface area contributed by atoms with Crippen molar-refractivity contribution in [1.29, 1.82) is 0 Å². The van der Waals surface area contributed by atoms with Crippen LogP contribution < -0.4 is 5.32 Å². The van der Waals surface area contributed by atoms with Crippen molar-refractivity contribution >= 4 is 17.7 Å². The molecule has 2 rings (SSSR count). The number of ether oxygens (including phenoxy) is 1. The van der Waals surface area contributed by atoms with Crippen LogP contribution in [0.1, 0.15) is 58.4 Å². The smallest absolute Gasteiger partial charge is 0.412 e. The fourth-order valence-corrected chi connectivity index (χ4v) is 3.16. The second kappa shape index (κ2) is 6.79. The van der Waals surface area contributed by atoms with E-state index in [2.05, 4.69) is 5.32 Å². The van der Waals surface area contributed by atoms with Gasteiger partial charge in [-0.1, -0.05) is 25.3 Å². The maximum Gasteiger partial charge on any atom is 0.412 e. The Morgan fingerprint density at radius 1 is 1.21 bits per heavy atom. The number of carboxylic acid groups (broad SMARTS) is 1. The minimum Gasteiger partial charge on any atom is -0.481 e. The van der Waals surface area contributed by atoms with E-state index in [1.807, 2.05) is 0 Å². The van der Waals surface area contributed by atoms with E-state index < -0.39 is 28.9 Å². The third-order valence-electron chi connectivity index (χ3n) is 4.25. The van der Waals surface area contributed by atoms with Crippen LogP contribution >= 0.6 is 0 Å². The van der Waals surface area contributed by atoms with Gasteiger partial charge in [0.1, 0.15) is 11.4 Å². The molecule has 0 aromatic heterocycles. The van der Waals surface area contributed by atoms with Crippen molar-refractivity contribution in [3.63, 3.8) is 0 Å². The lowest BCUT2D eigenvalue weighted by molar-refractivity contribution is -0.145. The molecule has 1 aromatic carbocycles. The molecule has 0 spiro atoms. The molecule has 0 radical (unpaired) electrons. The van der Waals surface area contributed by atoms with E-state index >= 15 is 0 Å². The van der Waals surface area contributed by atoms with Gasteiger partial charge in [0.05, 0.1) is 5.41 Å². The number of rotatable bonds is 3. The van der Waals surface area contributed by atoms with E-state index in [-0.39, 0.29) is 11.3 Å². The number of amides is 1. The second-order valence-corrected chi connectivity index (χ2v) is 7.27. The topological polar surface area (TPSA) is 75.6 Å². The van der Waals surface area contributed by atoms with Gasteiger partial charge in [0, 0.05) is 11.3 Å². The number of halogens is 1. The quantitative estimate of drug-likeness (QED) is 0.854. The molecule has 1 fully saturated rings. The zero-order chi connectivity index (χ0) is 18.0. The highest BCUT2D eigenvalue weighted by atomic mass is 19.1. The van der Waals surface area contributed by atoms with Crippen LogP contribution in [-0.4, -0.2) is 22.8 Å². The molecule has 1 aliphatic rings. The number of nitrogens with one attached hydrogen (secondary N) is 1. The average Bonchev–Trinajstić information content (AvgIpc) is 2.45. The third kappa shape index (κ3) is 4.04. The van der Waals surface area contributed by atoms with E-state index in [1.165, 1.54) is 12.1 Å². The van der Waals surface area contributed by atoms with Crippen LogP contribution in [0.15, 0.2) is 18.2 Å². The Balaban J connectivity index is 2.23. The van der Waals surface area contributed by atoms with Crippen molar-refractivity contribution in [1.82, 2.24) is 0 Å². The van der Waals surface area contributed by atoms with Gasteiger partial charge in [0.2, 0.25) is 0 Å². The van der Waals surface area contributed by atoms with E-state index in [0.29, 0.717) is 12.8 Å². The van der Waals surface area contributed by atoms with Crippen molar-refractivity contribution in [2.24, 2.45) is 0 Å². The first-order valence-electron chi connectivity index (χ1n) is 8.17. The molecule has 132 valence electrons. The Kier molecular flexibility index (Phi) is 5.16. The van der Waals surface area contributed by atoms with Gasteiger partial charge < -0.3 is 9.84 Å². The maximum atomic E-state index is 14.6. The molecule has 2 N–H and O–H groups in total. The molecule has 0 aliphatic heterocycles. The molecule has 1 aliphatic carbocycles. The highest BCUT2D eigenvalue weighted by Gasteiger charge is 2.43. The first-order chi connectivity index (χ1) is 11.1. The molecule has 5 nitrogen and oxygen atoms in total. The molecular weight excluding hydrogens is 313 g/mol. The monoisotopic (exact) mass is 337 g/mol. The zero-order valence-corrected chi connectivity index (χ0v) is 14.3. The van der Waals surface area contributed by atoms with Crippen molar-refractivity contribution in [3.8, 4) is 0 Å². The van der Waals surface area contributed by atoms with Crippen LogP contribution in [0.3, 0.4) is 0 Å². The van der Waals surface area contributed by atoms with Gasteiger partial charge >= 0.3 is 12.1 Å². The van der Waals surface area contributed by atoms with Crippen molar-refractivity contribution in [2.45, 2.75) is 63.9 Å². The van der Waals surface area contributed by atoms with Gasteiger partial charge in [-0.3, -0.25) is 10.1 Å². The lowest BCUT2D eigenvalue weighted by Crippen LogP contribution is -2.38. The molecule has 0 atom stereocenters. The van der Waals surface area contributed by atoms with Gasteiger partial charge in [-0.2, -0.15) is 0 Å². The SMILES string of the molecule is CC(C)(C)OC(=O)Nc1ccc(C2(C(=O)O)CCCCC2)c(F)c1. The van der Waals surface area contributed by atoms with E-state index in [9.17, 15) is 19.1 Å². The molecular formula is C18H24FNO4. The molecule has 0 bridgehead atoms. The largest absolute Gasteiger partial charge is 0.481 e. The first kappa shape index (κ1) is 18.2. The number of carbonyl (C=O) groups is 2.